The van der Waals surface area contributed by atoms with Gasteiger partial charge in [0, 0.05) is 51.0 Å². The molecule has 1 saturated heterocycles. The van der Waals surface area contributed by atoms with Gasteiger partial charge in [-0.05, 0) is 24.5 Å². The van der Waals surface area contributed by atoms with Gasteiger partial charge in [0.1, 0.15) is 6.10 Å². The van der Waals surface area contributed by atoms with Gasteiger partial charge in [-0.1, -0.05) is 24.3 Å². The van der Waals surface area contributed by atoms with E-state index in [-0.39, 0.29) is 12.0 Å². The SMILES string of the molecule is Cc1c(CN2CCO[C@H](C(=O)N3CCc4ccccc4C3)C2)cnn1C. The highest BCUT2D eigenvalue weighted by atomic mass is 16.5. The predicted octanol–water partition coefficient (Wildman–Crippen LogP) is 1.51. The van der Waals surface area contributed by atoms with E-state index < -0.39 is 0 Å². The molecule has 4 rings (SSSR count). The molecule has 6 nitrogen and oxygen atoms in total. The van der Waals surface area contributed by atoms with Crippen LogP contribution in [-0.4, -0.2) is 57.8 Å². The Balaban J connectivity index is 1.40. The van der Waals surface area contributed by atoms with Crippen molar-refractivity contribution < 1.29 is 9.53 Å². The normalized spacial score (nSPS) is 20.8. The summed E-state index contributed by atoms with van der Waals surface area (Å²) in [6.07, 6.45) is 2.47. The summed E-state index contributed by atoms with van der Waals surface area (Å²) >= 11 is 0. The number of hydrogen-bond donors (Lipinski definition) is 0. The minimum Gasteiger partial charge on any atom is -0.366 e. The topological polar surface area (TPSA) is 50.6 Å². The van der Waals surface area contributed by atoms with Crippen molar-refractivity contribution in [2.24, 2.45) is 7.05 Å². The van der Waals surface area contributed by atoms with Crippen LogP contribution in [0.4, 0.5) is 0 Å². The molecule has 2 aliphatic rings. The fourth-order valence-electron chi connectivity index (χ4n) is 3.82. The zero-order valence-corrected chi connectivity index (χ0v) is 15.5. The number of carbonyl (C=O) groups is 1. The standard InChI is InChI=1S/C20H26N4O2/c1-15-18(11-21-22(15)2)12-23-9-10-26-19(14-23)20(25)24-8-7-16-5-3-4-6-17(16)13-24/h3-6,11,19H,7-10,12-14H2,1-2H3/t19-/m0/s1. The van der Waals surface area contributed by atoms with Crippen LogP contribution in [0.1, 0.15) is 22.4 Å². The van der Waals surface area contributed by atoms with Gasteiger partial charge in [-0.15, -0.1) is 0 Å². The summed E-state index contributed by atoms with van der Waals surface area (Å²) in [5.41, 5.74) is 5.00. The lowest BCUT2D eigenvalue weighted by atomic mass is 9.99. The molecule has 1 aromatic carbocycles. The second-order valence-corrected chi connectivity index (χ2v) is 7.25. The largest absolute Gasteiger partial charge is 0.366 e. The van der Waals surface area contributed by atoms with Gasteiger partial charge in [-0.2, -0.15) is 5.10 Å². The first-order chi connectivity index (χ1) is 12.6. The molecule has 138 valence electrons. The Labute approximate surface area is 154 Å². The summed E-state index contributed by atoms with van der Waals surface area (Å²) in [4.78, 5) is 17.2. The minimum absolute atomic E-state index is 0.118. The van der Waals surface area contributed by atoms with E-state index in [0.717, 1.165) is 26.1 Å². The number of fused-ring (bicyclic) bond motifs is 1. The molecule has 3 heterocycles. The molecule has 0 radical (unpaired) electrons. The summed E-state index contributed by atoms with van der Waals surface area (Å²) in [5, 5.41) is 4.31. The van der Waals surface area contributed by atoms with E-state index in [4.69, 9.17) is 4.74 Å². The first-order valence-electron chi connectivity index (χ1n) is 9.29. The second kappa shape index (κ2) is 7.21. The molecule has 0 aliphatic carbocycles. The van der Waals surface area contributed by atoms with Crippen LogP contribution in [-0.2, 0) is 36.1 Å². The lowest BCUT2D eigenvalue weighted by molar-refractivity contribution is -0.150. The number of aromatic nitrogens is 2. The van der Waals surface area contributed by atoms with Crippen molar-refractivity contribution in [3.8, 4) is 0 Å². The minimum atomic E-state index is -0.369. The molecule has 26 heavy (non-hydrogen) atoms. The summed E-state index contributed by atoms with van der Waals surface area (Å²) in [5.74, 6) is 0.118. The van der Waals surface area contributed by atoms with Crippen LogP contribution >= 0.6 is 0 Å². The van der Waals surface area contributed by atoms with Crippen molar-refractivity contribution in [1.29, 1.82) is 0 Å². The van der Waals surface area contributed by atoms with Gasteiger partial charge in [0.2, 0.25) is 0 Å². The van der Waals surface area contributed by atoms with E-state index in [1.807, 2.05) is 28.9 Å². The van der Waals surface area contributed by atoms with Crippen LogP contribution in [0.2, 0.25) is 0 Å². The Morgan fingerprint density at radius 1 is 1.27 bits per heavy atom. The molecule has 1 amide bonds. The second-order valence-electron chi connectivity index (χ2n) is 7.25. The number of rotatable bonds is 3. The Morgan fingerprint density at radius 3 is 2.85 bits per heavy atom. The van der Waals surface area contributed by atoms with Crippen molar-refractivity contribution in [3.63, 3.8) is 0 Å². The average Bonchev–Trinajstić information content (AvgIpc) is 2.99. The third-order valence-electron chi connectivity index (χ3n) is 5.60. The highest BCUT2D eigenvalue weighted by Gasteiger charge is 2.32. The van der Waals surface area contributed by atoms with Gasteiger partial charge < -0.3 is 9.64 Å². The van der Waals surface area contributed by atoms with Gasteiger partial charge in [0.25, 0.3) is 5.91 Å². The molecule has 0 bridgehead atoms. The van der Waals surface area contributed by atoms with Crippen molar-refractivity contribution >= 4 is 5.91 Å². The van der Waals surface area contributed by atoms with Gasteiger partial charge in [-0.3, -0.25) is 14.4 Å². The molecule has 0 saturated carbocycles. The van der Waals surface area contributed by atoms with Crippen LogP contribution in [0, 0.1) is 6.92 Å². The molecule has 1 aromatic heterocycles. The number of nitrogens with zero attached hydrogens (tertiary/aromatic N) is 4. The summed E-state index contributed by atoms with van der Waals surface area (Å²) < 4.78 is 7.72. The summed E-state index contributed by atoms with van der Waals surface area (Å²) in [6.45, 7) is 6.45. The number of ether oxygens (including phenoxy) is 1. The fourth-order valence-corrected chi connectivity index (χ4v) is 3.82. The molecular formula is C20H26N4O2. The highest BCUT2D eigenvalue weighted by Crippen LogP contribution is 2.21. The van der Waals surface area contributed by atoms with Crippen molar-refractivity contribution in [2.45, 2.75) is 32.5 Å². The molecular weight excluding hydrogens is 328 g/mol. The summed E-state index contributed by atoms with van der Waals surface area (Å²) in [6, 6.07) is 8.39. The van der Waals surface area contributed by atoms with Crippen molar-refractivity contribution in [1.82, 2.24) is 19.6 Å². The number of aryl methyl sites for hydroxylation is 1. The third kappa shape index (κ3) is 3.39. The van der Waals surface area contributed by atoms with Crippen molar-refractivity contribution in [3.05, 3.63) is 52.8 Å². The Bertz CT molecular complexity index is 801. The van der Waals surface area contributed by atoms with E-state index in [9.17, 15) is 4.79 Å². The Kier molecular flexibility index (Phi) is 4.78. The molecule has 2 aromatic rings. The van der Waals surface area contributed by atoms with Gasteiger partial charge in [-0.25, -0.2) is 0 Å². The van der Waals surface area contributed by atoms with E-state index in [0.29, 0.717) is 19.7 Å². The van der Waals surface area contributed by atoms with E-state index >= 15 is 0 Å². The van der Waals surface area contributed by atoms with E-state index in [1.165, 1.54) is 22.4 Å². The zero-order valence-electron chi connectivity index (χ0n) is 15.5. The fraction of sp³-hybridized carbons (Fsp3) is 0.500. The van der Waals surface area contributed by atoms with Crippen LogP contribution in [0.3, 0.4) is 0 Å². The number of carbonyl (C=O) groups excluding carboxylic acids is 1. The molecule has 0 unspecified atom stereocenters. The maximum absolute atomic E-state index is 13.0. The van der Waals surface area contributed by atoms with Gasteiger partial charge >= 0.3 is 0 Å². The molecule has 0 N–H and O–H groups in total. The molecule has 0 spiro atoms. The number of amides is 1. The third-order valence-corrected chi connectivity index (χ3v) is 5.60. The number of hydrogen-bond acceptors (Lipinski definition) is 4. The van der Waals surface area contributed by atoms with Crippen LogP contribution in [0.25, 0.3) is 0 Å². The number of morpholine rings is 1. The predicted molar refractivity (Wildman–Crippen MR) is 98.5 cm³/mol. The van der Waals surface area contributed by atoms with Crippen LogP contribution in [0.5, 0.6) is 0 Å². The van der Waals surface area contributed by atoms with Gasteiger partial charge in [0.05, 0.1) is 12.8 Å². The highest BCUT2D eigenvalue weighted by molar-refractivity contribution is 5.81. The van der Waals surface area contributed by atoms with Gasteiger partial charge in [0.15, 0.2) is 0 Å². The Morgan fingerprint density at radius 2 is 2.08 bits per heavy atom. The van der Waals surface area contributed by atoms with Crippen molar-refractivity contribution in [2.75, 3.05) is 26.2 Å². The maximum atomic E-state index is 13.0. The van der Waals surface area contributed by atoms with Crippen LogP contribution < -0.4 is 0 Å². The molecule has 1 fully saturated rings. The maximum Gasteiger partial charge on any atom is 0.253 e. The molecule has 2 aliphatic heterocycles. The number of benzene rings is 1. The molecule has 6 heteroatoms. The monoisotopic (exact) mass is 354 g/mol. The Hall–Kier alpha value is -2.18. The lowest BCUT2D eigenvalue weighted by Crippen LogP contribution is -2.51. The summed E-state index contributed by atoms with van der Waals surface area (Å²) in [7, 11) is 1.96. The first-order valence-corrected chi connectivity index (χ1v) is 9.29. The quantitative estimate of drug-likeness (QED) is 0.839. The van der Waals surface area contributed by atoms with E-state index in [2.05, 4.69) is 35.1 Å². The molecule has 1 atom stereocenters. The smallest absolute Gasteiger partial charge is 0.253 e. The van der Waals surface area contributed by atoms with Crippen LogP contribution in [0.15, 0.2) is 30.5 Å². The van der Waals surface area contributed by atoms with E-state index in [1.54, 1.807) is 0 Å². The first kappa shape index (κ1) is 17.2. The zero-order chi connectivity index (χ0) is 18.1. The average molecular weight is 354 g/mol. The lowest BCUT2D eigenvalue weighted by Gasteiger charge is -2.36.